The number of anilines is 1. The minimum absolute atomic E-state index is 0.126. The molecule has 0 atom stereocenters. The number of para-hydroxylation sites is 1. The number of carbonyl (C=O) groups excluding carboxylic acids is 2. The van der Waals surface area contributed by atoms with Gasteiger partial charge < -0.3 is 15.4 Å². The Morgan fingerprint density at radius 1 is 0.939 bits per heavy atom. The Kier molecular flexibility index (Phi) is 9.27. The molecule has 2 amide bonds. The number of hydrogen-bond donors (Lipinski definition) is 2. The van der Waals surface area contributed by atoms with Gasteiger partial charge in [-0.25, -0.2) is 0 Å². The van der Waals surface area contributed by atoms with E-state index in [0.29, 0.717) is 23.6 Å². The molecule has 0 bridgehead atoms. The highest BCUT2D eigenvalue weighted by Gasteiger charge is 2.16. The maximum atomic E-state index is 13.1. The summed E-state index contributed by atoms with van der Waals surface area (Å²) in [7, 11) is 0. The zero-order chi connectivity index (χ0) is 23.6. The van der Waals surface area contributed by atoms with Crippen molar-refractivity contribution in [3.63, 3.8) is 0 Å². The SMILES string of the molecule is CCCCOc1ccc(C(=O)N/C(=C\c2ccc(Br)cc2)C(=O)Nc2ccccc2Br)cc1. The van der Waals surface area contributed by atoms with Crippen molar-refractivity contribution in [1.82, 2.24) is 5.32 Å². The van der Waals surface area contributed by atoms with Crippen LogP contribution in [-0.4, -0.2) is 18.4 Å². The van der Waals surface area contributed by atoms with Crippen LogP contribution in [0.4, 0.5) is 5.69 Å². The molecule has 3 aromatic rings. The summed E-state index contributed by atoms with van der Waals surface area (Å²) in [6.45, 7) is 2.74. The molecule has 0 aliphatic heterocycles. The van der Waals surface area contributed by atoms with Crippen molar-refractivity contribution >= 4 is 55.4 Å². The van der Waals surface area contributed by atoms with Gasteiger partial charge in [0.15, 0.2) is 0 Å². The summed E-state index contributed by atoms with van der Waals surface area (Å²) < 4.78 is 7.31. The van der Waals surface area contributed by atoms with Crippen LogP contribution in [0.1, 0.15) is 35.7 Å². The molecule has 3 aromatic carbocycles. The number of rotatable bonds is 9. The van der Waals surface area contributed by atoms with Gasteiger partial charge in [0.25, 0.3) is 11.8 Å². The van der Waals surface area contributed by atoms with Gasteiger partial charge >= 0.3 is 0 Å². The van der Waals surface area contributed by atoms with Crippen LogP contribution in [0.5, 0.6) is 5.75 Å². The van der Waals surface area contributed by atoms with E-state index < -0.39 is 5.91 Å². The van der Waals surface area contributed by atoms with Gasteiger partial charge in [-0.15, -0.1) is 0 Å². The minimum atomic E-state index is -0.433. The third-order valence-corrected chi connectivity index (χ3v) is 5.90. The lowest BCUT2D eigenvalue weighted by atomic mass is 10.1. The smallest absolute Gasteiger partial charge is 0.272 e. The second kappa shape index (κ2) is 12.4. The molecule has 0 aliphatic carbocycles. The maximum absolute atomic E-state index is 13.1. The molecule has 0 unspecified atom stereocenters. The van der Waals surface area contributed by atoms with E-state index in [1.807, 2.05) is 42.5 Å². The van der Waals surface area contributed by atoms with Crippen LogP contribution in [0.25, 0.3) is 6.08 Å². The third-order valence-electron chi connectivity index (χ3n) is 4.68. The highest BCUT2D eigenvalue weighted by atomic mass is 79.9. The fourth-order valence-corrected chi connectivity index (χ4v) is 3.52. The molecule has 0 saturated carbocycles. The van der Waals surface area contributed by atoms with E-state index in [4.69, 9.17) is 4.74 Å². The number of nitrogens with one attached hydrogen (secondary N) is 2. The predicted octanol–water partition coefficient (Wildman–Crippen LogP) is 6.80. The van der Waals surface area contributed by atoms with Crippen molar-refractivity contribution in [3.8, 4) is 5.75 Å². The number of carbonyl (C=O) groups is 2. The highest BCUT2D eigenvalue weighted by Crippen LogP contribution is 2.22. The van der Waals surface area contributed by atoms with E-state index >= 15 is 0 Å². The maximum Gasteiger partial charge on any atom is 0.272 e. The zero-order valence-corrected chi connectivity index (χ0v) is 21.3. The molecule has 0 saturated heterocycles. The van der Waals surface area contributed by atoms with Crippen LogP contribution in [-0.2, 0) is 4.79 Å². The zero-order valence-electron chi connectivity index (χ0n) is 18.1. The molecule has 0 aromatic heterocycles. The van der Waals surface area contributed by atoms with Crippen molar-refractivity contribution in [2.45, 2.75) is 19.8 Å². The van der Waals surface area contributed by atoms with Crippen molar-refractivity contribution < 1.29 is 14.3 Å². The van der Waals surface area contributed by atoms with E-state index in [2.05, 4.69) is 49.4 Å². The van der Waals surface area contributed by atoms with Gasteiger partial charge in [0.1, 0.15) is 11.4 Å². The lowest BCUT2D eigenvalue weighted by Gasteiger charge is -2.13. The summed E-state index contributed by atoms with van der Waals surface area (Å²) in [6.07, 6.45) is 3.66. The van der Waals surface area contributed by atoms with Gasteiger partial charge in [0.05, 0.1) is 12.3 Å². The Hall–Kier alpha value is -2.90. The van der Waals surface area contributed by atoms with Gasteiger partial charge in [0.2, 0.25) is 0 Å². The summed E-state index contributed by atoms with van der Waals surface area (Å²) in [5, 5.41) is 5.59. The molecular formula is C26H24Br2N2O3. The van der Waals surface area contributed by atoms with Gasteiger partial charge in [-0.1, -0.05) is 53.5 Å². The average molecular weight is 572 g/mol. The van der Waals surface area contributed by atoms with E-state index in [1.165, 1.54) is 0 Å². The van der Waals surface area contributed by atoms with Gasteiger partial charge in [-0.3, -0.25) is 9.59 Å². The van der Waals surface area contributed by atoms with Gasteiger partial charge in [-0.05, 0) is 82.5 Å². The largest absolute Gasteiger partial charge is 0.494 e. The van der Waals surface area contributed by atoms with Gasteiger partial charge in [0, 0.05) is 14.5 Å². The van der Waals surface area contributed by atoms with E-state index in [0.717, 1.165) is 27.4 Å². The van der Waals surface area contributed by atoms with Crippen molar-refractivity contribution in [2.24, 2.45) is 0 Å². The van der Waals surface area contributed by atoms with E-state index in [9.17, 15) is 9.59 Å². The Morgan fingerprint density at radius 2 is 1.64 bits per heavy atom. The Labute approximate surface area is 210 Å². The first kappa shape index (κ1) is 24.7. The summed E-state index contributed by atoms with van der Waals surface area (Å²) >= 11 is 6.83. The molecule has 5 nitrogen and oxygen atoms in total. The molecule has 0 radical (unpaired) electrons. The van der Waals surface area contributed by atoms with Crippen molar-refractivity contribution in [1.29, 1.82) is 0 Å². The first-order chi connectivity index (χ1) is 16.0. The van der Waals surface area contributed by atoms with Crippen molar-refractivity contribution in [2.75, 3.05) is 11.9 Å². The van der Waals surface area contributed by atoms with Crippen LogP contribution < -0.4 is 15.4 Å². The van der Waals surface area contributed by atoms with Crippen LogP contribution in [0.2, 0.25) is 0 Å². The number of hydrogen-bond acceptors (Lipinski definition) is 3. The lowest BCUT2D eigenvalue weighted by Crippen LogP contribution is -2.30. The molecule has 0 spiro atoms. The van der Waals surface area contributed by atoms with Crippen LogP contribution in [0, 0.1) is 0 Å². The lowest BCUT2D eigenvalue weighted by molar-refractivity contribution is -0.113. The van der Waals surface area contributed by atoms with Crippen molar-refractivity contribution in [3.05, 3.63) is 98.6 Å². The Bertz CT molecular complexity index is 1130. The Morgan fingerprint density at radius 3 is 2.30 bits per heavy atom. The molecule has 170 valence electrons. The number of halogens is 2. The van der Waals surface area contributed by atoms with Crippen LogP contribution in [0.15, 0.2) is 87.4 Å². The first-order valence-corrected chi connectivity index (χ1v) is 12.1. The first-order valence-electron chi connectivity index (χ1n) is 10.5. The third kappa shape index (κ3) is 7.58. The molecule has 7 heteroatoms. The predicted molar refractivity (Wildman–Crippen MR) is 139 cm³/mol. The molecule has 33 heavy (non-hydrogen) atoms. The Balaban J connectivity index is 1.80. The second-order valence-corrected chi connectivity index (χ2v) is 8.99. The summed E-state index contributed by atoms with van der Waals surface area (Å²) in [5.41, 5.74) is 1.93. The fourth-order valence-electron chi connectivity index (χ4n) is 2.87. The quantitative estimate of drug-likeness (QED) is 0.219. The molecule has 3 rings (SSSR count). The molecule has 0 heterocycles. The topological polar surface area (TPSA) is 67.4 Å². The summed E-state index contributed by atoms with van der Waals surface area (Å²) in [4.78, 5) is 26.0. The fraction of sp³-hybridized carbons (Fsp3) is 0.154. The molecular weight excluding hydrogens is 548 g/mol. The van der Waals surface area contributed by atoms with E-state index in [-0.39, 0.29) is 11.6 Å². The average Bonchev–Trinajstić information content (AvgIpc) is 2.82. The van der Waals surface area contributed by atoms with Crippen LogP contribution >= 0.6 is 31.9 Å². The second-order valence-electron chi connectivity index (χ2n) is 7.22. The molecule has 0 fully saturated rings. The number of benzene rings is 3. The van der Waals surface area contributed by atoms with Crippen LogP contribution in [0.3, 0.4) is 0 Å². The summed E-state index contributed by atoms with van der Waals surface area (Å²) in [6, 6.07) is 21.6. The normalized spacial score (nSPS) is 11.1. The number of amides is 2. The monoisotopic (exact) mass is 570 g/mol. The summed E-state index contributed by atoms with van der Waals surface area (Å²) in [5.74, 6) is -0.115. The highest BCUT2D eigenvalue weighted by molar-refractivity contribution is 9.10. The standard InChI is InChI=1S/C26H24Br2N2O3/c1-2-3-16-33-21-14-10-19(11-15-21)25(31)30-24(17-18-8-12-20(27)13-9-18)26(32)29-23-7-5-4-6-22(23)28/h4-15,17H,2-3,16H2,1H3,(H,29,32)(H,30,31)/b24-17-. The van der Waals surface area contributed by atoms with Gasteiger partial charge in [-0.2, -0.15) is 0 Å². The minimum Gasteiger partial charge on any atom is -0.494 e. The number of ether oxygens (including phenoxy) is 1. The molecule has 0 aliphatic rings. The van der Waals surface area contributed by atoms with E-state index in [1.54, 1.807) is 36.4 Å². The number of unbranched alkanes of at least 4 members (excludes halogenated alkanes) is 1. The molecule has 2 N–H and O–H groups in total.